The van der Waals surface area contributed by atoms with Gasteiger partial charge in [-0.3, -0.25) is 0 Å². The molecule has 0 heterocycles. The summed E-state index contributed by atoms with van der Waals surface area (Å²) in [6.45, 7) is 0.466. The van der Waals surface area contributed by atoms with E-state index in [1.165, 1.54) is 0 Å². The van der Waals surface area contributed by atoms with E-state index in [1.807, 2.05) is 60.7 Å². The predicted molar refractivity (Wildman–Crippen MR) is 100 cm³/mol. The molecule has 3 rings (SSSR count). The maximum atomic E-state index is 9.89. The zero-order valence-corrected chi connectivity index (χ0v) is 14.4. The van der Waals surface area contributed by atoms with E-state index in [-0.39, 0.29) is 6.61 Å². The van der Waals surface area contributed by atoms with Gasteiger partial charge in [0.1, 0.15) is 19.3 Å². The highest BCUT2D eigenvalue weighted by atomic mass is 16.5. The molecule has 1 unspecified atom stereocenters. The Morgan fingerprint density at radius 3 is 1.77 bits per heavy atom. The van der Waals surface area contributed by atoms with Crippen LogP contribution in [0.15, 0.2) is 78.9 Å². The van der Waals surface area contributed by atoms with Gasteiger partial charge >= 0.3 is 0 Å². The summed E-state index contributed by atoms with van der Waals surface area (Å²) in [5, 5.41) is 19.1. The third kappa shape index (κ3) is 4.85. The second-order valence-corrected chi connectivity index (χ2v) is 5.95. The average Bonchev–Trinajstić information content (AvgIpc) is 2.72. The van der Waals surface area contributed by atoms with Gasteiger partial charge in [0.15, 0.2) is 11.5 Å². The molecule has 0 aliphatic carbocycles. The van der Waals surface area contributed by atoms with E-state index in [2.05, 4.69) is 0 Å². The Morgan fingerprint density at radius 2 is 1.23 bits per heavy atom. The Labute approximate surface area is 153 Å². The third-order valence-corrected chi connectivity index (χ3v) is 4.00. The first-order valence-electron chi connectivity index (χ1n) is 8.52. The number of rotatable bonds is 8. The van der Waals surface area contributed by atoms with Crippen LogP contribution in [0.1, 0.15) is 22.8 Å². The van der Waals surface area contributed by atoms with Crippen molar-refractivity contribution in [3.05, 3.63) is 95.6 Å². The molecule has 1 atom stereocenters. The van der Waals surface area contributed by atoms with Crippen LogP contribution in [0.2, 0.25) is 0 Å². The Morgan fingerprint density at radius 1 is 0.692 bits per heavy atom. The molecule has 0 saturated carbocycles. The fourth-order valence-electron chi connectivity index (χ4n) is 2.54. The van der Waals surface area contributed by atoms with Crippen LogP contribution < -0.4 is 9.47 Å². The van der Waals surface area contributed by atoms with Gasteiger partial charge in [-0.25, -0.2) is 0 Å². The Hall–Kier alpha value is -2.82. The molecule has 2 N–H and O–H groups in total. The van der Waals surface area contributed by atoms with Crippen LogP contribution in [0, 0.1) is 0 Å². The molecule has 4 nitrogen and oxygen atoms in total. The van der Waals surface area contributed by atoms with Crippen molar-refractivity contribution in [1.29, 1.82) is 0 Å². The molecular formula is C22H22O4. The second-order valence-electron chi connectivity index (χ2n) is 5.95. The predicted octanol–water partition coefficient (Wildman–Crippen LogP) is 3.87. The molecule has 0 spiro atoms. The van der Waals surface area contributed by atoms with E-state index in [0.29, 0.717) is 30.3 Å². The second kappa shape index (κ2) is 9.04. The standard InChI is InChI=1S/C22H22O4/c23-14-20(24)19-11-12-21(25-15-17-7-3-1-4-8-17)22(13-19)26-16-18-9-5-2-6-10-18/h1-13,20,23-24H,14-16H2. The zero-order chi connectivity index (χ0) is 18.2. The van der Waals surface area contributed by atoms with Crippen molar-refractivity contribution in [2.45, 2.75) is 19.3 Å². The van der Waals surface area contributed by atoms with Gasteiger partial charge in [-0.1, -0.05) is 66.7 Å². The number of hydrogen-bond donors (Lipinski definition) is 2. The quantitative estimate of drug-likeness (QED) is 0.647. The highest BCUT2D eigenvalue weighted by molar-refractivity contribution is 5.44. The van der Waals surface area contributed by atoms with Crippen molar-refractivity contribution in [3.8, 4) is 11.5 Å². The highest BCUT2D eigenvalue weighted by Gasteiger charge is 2.12. The van der Waals surface area contributed by atoms with E-state index in [0.717, 1.165) is 11.1 Å². The lowest BCUT2D eigenvalue weighted by atomic mass is 10.1. The third-order valence-electron chi connectivity index (χ3n) is 4.00. The Kier molecular flexibility index (Phi) is 6.25. The first-order chi connectivity index (χ1) is 12.8. The maximum absolute atomic E-state index is 9.89. The fraction of sp³-hybridized carbons (Fsp3) is 0.182. The van der Waals surface area contributed by atoms with Gasteiger partial charge in [0, 0.05) is 0 Å². The topological polar surface area (TPSA) is 58.9 Å². The highest BCUT2D eigenvalue weighted by Crippen LogP contribution is 2.32. The van der Waals surface area contributed by atoms with Crippen molar-refractivity contribution in [1.82, 2.24) is 0 Å². The molecule has 134 valence electrons. The number of ether oxygens (including phenoxy) is 2. The van der Waals surface area contributed by atoms with Gasteiger partial charge in [0.05, 0.1) is 6.61 Å². The molecule has 0 bridgehead atoms. The van der Waals surface area contributed by atoms with Crippen LogP contribution in [-0.4, -0.2) is 16.8 Å². The lowest BCUT2D eigenvalue weighted by Gasteiger charge is -2.16. The maximum Gasteiger partial charge on any atom is 0.162 e. The van der Waals surface area contributed by atoms with E-state index in [4.69, 9.17) is 9.47 Å². The molecule has 4 heteroatoms. The molecule has 0 saturated heterocycles. The van der Waals surface area contributed by atoms with Gasteiger partial charge in [-0.15, -0.1) is 0 Å². The number of hydrogen-bond acceptors (Lipinski definition) is 4. The monoisotopic (exact) mass is 350 g/mol. The van der Waals surface area contributed by atoms with Crippen molar-refractivity contribution >= 4 is 0 Å². The van der Waals surface area contributed by atoms with Crippen molar-refractivity contribution < 1.29 is 19.7 Å². The number of benzene rings is 3. The SMILES string of the molecule is OCC(O)c1ccc(OCc2ccccc2)c(OCc2ccccc2)c1. The molecule has 0 radical (unpaired) electrons. The van der Waals surface area contributed by atoms with E-state index < -0.39 is 6.10 Å². The fourth-order valence-corrected chi connectivity index (χ4v) is 2.54. The molecule has 26 heavy (non-hydrogen) atoms. The lowest BCUT2D eigenvalue weighted by Crippen LogP contribution is -2.05. The molecule has 3 aromatic rings. The van der Waals surface area contributed by atoms with Gasteiger partial charge in [0.2, 0.25) is 0 Å². The molecular weight excluding hydrogens is 328 g/mol. The minimum atomic E-state index is -0.947. The van der Waals surface area contributed by atoms with E-state index in [9.17, 15) is 10.2 Å². The molecule has 0 fully saturated rings. The normalized spacial score (nSPS) is 11.8. The van der Waals surface area contributed by atoms with Crippen molar-refractivity contribution in [3.63, 3.8) is 0 Å². The lowest BCUT2D eigenvalue weighted by molar-refractivity contribution is 0.0952. The molecule has 0 aliphatic rings. The zero-order valence-electron chi connectivity index (χ0n) is 14.4. The summed E-state index contributed by atoms with van der Waals surface area (Å²) in [5.74, 6) is 1.13. The Balaban J connectivity index is 1.77. The number of aliphatic hydroxyl groups excluding tert-OH is 2. The summed E-state index contributed by atoms with van der Waals surface area (Å²) >= 11 is 0. The van der Waals surface area contributed by atoms with E-state index >= 15 is 0 Å². The molecule has 0 aliphatic heterocycles. The van der Waals surface area contributed by atoms with Gasteiger partial charge in [-0.2, -0.15) is 0 Å². The smallest absolute Gasteiger partial charge is 0.162 e. The minimum absolute atomic E-state index is 0.345. The van der Waals surface area contributed by atoms with Crippen molar-refractivity contribution in [2.24, 2.45) is 0 Å². The summed E-state index contributed by atoms with van der Waals surface area (Å²) in [7, 11) is 0. The summed E-state index contributed by atoms with van der Waals surface area (Å²) in [6, 6.07) is 24.9. The summed E-state index contributed by atoms with van der Waals surface area (Å²) in [6.07, 6.45) is -0.947. The van der Waals surface area contributed by atoms with Gasteiger partial charge in [-0.05, 0) is 28.8 Å². The molecule has 0 amide bonds. The first kappa shape index (κ1) is 18.0. The average molecular weight is 350 g/mol. The van der Waals surface area contributed by atoms with Crippen LogP contribution in [0.5, 0.6) is 11.5 Å². The summed E-state index contributed by atoms with van der Waals surface area (Å²) in [4.78, 5) is 0. The molecule has 3 aromatic carbocycles. The first-order valence-corrected chi connectivity index (χ1v) is 8.52. The Bertz CT molecular complexity index is 803. The van der Waals surface area contributed by atoms with E-state index in [1.54, 1.807) is 18.2 Å². The largest absolute Gasteiger partial charge is 0.485 e. The summed E-state index contributed by atoms with van der Waals surface area (Å²) in [5.41, 5.74) is 2.68. The van der Waals surface area contributed by atoms with Crippen LogP contribution in [0.3, 0.4) is 0 Å². The van der Waals surface area contributed by atoms with Gasteiger partial charge < -0.3 is 19.7 Å². The van der Waals surface area contributed by atoms with Crippen LogP contribution >= 0.6 is 0 Å². The molecule has 0 aromatic heterocycles. The van der Waals surface area contributed by atoms with Crippen LogP contribution in [-0.2, 0) is 13.2 Å². The number of aliphatic hydroxyl groups is 2. The van der Waals surface area contributed by atoms with Gasteiger partial charge in [0.25, 0.3) is 0 Å². The van der Waals surface area contributed by atoms with Crippen LogP contribution in [0.4, 0.5) is 0 Å². The van der Waals surface area contributed by atoms with Crippen molar-refractivity contribution in [2.75, 3.05) is 6.61 Å². The van der Waals surface area contributed by atoms with Crippen LogP contribution in [0.25, 0.3) is 0 Å². The minimum Gasteiger partial charge on any atom is -0.485 e. The summed E-state index contributed by atoms with van der Waals surface area (Å²) < 4.78 is 11.8.